The van der Waals surface area contributed by atoms with E-state index in [2.05, 4.69) is 15.9 Å². The number of sulfonamides is 1. The Morgan fingerprint density at radius 2 is 2.10 bits per heavy atom. The van der Waals surface area contributed by atoms with Gasteiger partial charge in [0.15, 0.2) is 0 Å². The molecule has 5 nitrogen and oxygen atoms in total. The maximum atomic E-state index is 13.9. The number of nitrogens with two attached hydrogens (primary N) is 1. The Labute approximate surface area is 125 Å². The number of primary amides is 1. The van der Waals surface area contributed by atoms with Crippen LogP contribution in [0.5, 0.6) is 0 Å². The molecule has 2 rings (SSSR count). The standard InChI is InChI=1S/C12H14BrFN2O3S/c13-8-4-5-11(9(14)7-8)20(18,19)16-6-2-1-3-10(16)12(15)17/h4-5,7,10H,1-3,6H2,(H2,15,17). The summed E-state index contributed by atoms with van der Waals surface area (Å²) in [6, 6.07) is 2.80. The minimum atomic E-state index is -4.07. The van der Waals surface area contributed by atoms with Crippen LogP contribution in [0.15, 0.2) is 27.6 Å². The lowest BCUT2D eigenvalue weighted by Gasteiger charge is -2.32. The quantitative estimate of drug-likeness (QED) is 0.884. The number of hydrogen-bond acceptors (Lipinski definition) is 3. The van der Waals surface area contributed by atoms with Crippen LogP contribution >= 0.6 is 15.9 Å². The summed E-state index contributed by atoms with van der Waals surface area (Å²) in [5.74, 6) is -1.56. The fourth-order valence-electron chi connectivity index (χ4n) is 2.29. The molecule has 1 aromatic rings. The maximum Gasteiger partial charge on any atom is 0.246 e. The summed E-state index contributed by atoms with van der Waals surface area (Å²) in [6.45, 7) is 0.172. The average Bonchev–Trinajstić information content (AvgIpc) is 2.38. The second-order valence-electron chi connectivity index (χ2n) is 4.60. The van der Waals surface area contributed by atoms with Gasteiger partial charge in [-0.2, -0.15) is 4.31 Å². The molecule has 1 saturated heterocycles. The minimum absolute atomic E-state index is 0.172. The van der Waals surface area contributed by atoms with Crippen molar-refractivity contribution in [2.45, 2.75) is 30.2 Å². The highest BCUT2D eigenvalue weighted by atomic mass is 79.9. The third-order valence-corrected chi connectivity index (χ3v) is 5.70. The second-order valence-corrected chi connectivity index (χ2v) is 7.38. The van der Waals surface area contributed by atoms with E-state index < -0.39 is 32.7 Å². The average molecular weight is 365 g/mol. The van der Waals surface area contributed by atoms with Crippen molar-refractivity contribution in [1.82, 2.24) is 4.31 Å². The van der Waals surface area contributed by atoms with E-state index in [1.165, 1.54) is 12.1 Å². The van der Waals surface area contributed by atoms with Crippen molar-refractivity contribution >= 4 is 31.9 Å². The Hall–Kier alpha value is -0.990. The summed E-state index contributed by atoms with van der Waals surface area (Å²) in [6.07, 6.45) is 1.72. The van der Waals surface area contributed by atoms with Gasteiger partial charge in [0.05, 0.1) is 0 Å². The van der Waals surface area contributed by atoms with Crippen LogP contribution in [-0.2, 0) is 14.8 Å². The Bertz CT molecular complexity index is 636. The van der Waals surface area contributed by atoms with Crippen LogP contribution in [0.4, 0.5) is 4.39 Å². The van der Waals surface area contributed by atoms with Crippen molar-refractivity contribution in [2.75, 3.05) is 6.54 Å². The van der Waals surface area contributed by atoms with Gasteiger partial charge in [0.1, 0.15) is 16.8 Å². The molecular formula is C12H14BrFN2O3S. The van der Waals surface area contributed by atoms with E-state index in [0.717, 1.165) is 16.8 Å². The first-order valence-electron chi connectivity index (χ1n) is 6.10. The molecule has 1 aliphatic heterocycles. The van der Waals surface area contributed by atoms with E-state index in [1.807, 2.05) is 0 Å². The van der Waals surface area contributed by atoms with Crippen LogP contribution in [0, 0.1) is 5.82 Å². The summed E-state index contributed by atoms with van der Waals surface area (Å²) in [4.78, 5) is 11.0. The minimum Gasteiger partial charge on any atom is -0.368 e. The lowest BCUT2D eigenvalue weighted by atomic mass is 10.0. The van der Waals surface area contributed by atoms with E-state index >= 15 is 0 Å². The van der Waals surface area contributed by atoms with Gasteiger partial charge in [-0.05, 0) is 31.0 Å². The number of nitrogens with zero attached hydrogens (tertiary/aromatic N) is 1. The number of piperidine rings is 1. The van der Waals surface area contributed by atoms with E-state index in [4.69, 9.17) is 5.73 Å². The highest BCUT2D eigenvalue weighted by Crippen LogP contribution is 2.28. The van der Waals surface area contributed by atoms with Gasteiger partial charge in [0.2, 0.25) is 15.9 Å². The highest BCUT2D eigenvalue weighted by Gasteiger charge is 2.37. The lowest BCUT2D eigenvalue weighted by molar-refractivity contribution is -0.122. The van der Waals surface area contributed by atoms with Crippen LogP contribution in [0.1, 0.15) is 19.3 Å². The summed E-state index contributed by atoms with van der Waals surface area (Å²) >= 11 is 3.07. The molecule has 2 N–H and O–H groups in total. The van der Waals surface area contributed by atoms with Gasteiger partial charge in [-0.3, -0.25) is 4.79 Å². The number of carbonyl (C=O) groups excluding carboxylic acids is 1. The van der Waals surface area contributed by atoms with Crippen molar-refractivity contribution in [3.05, 3.63) is 28.5 Å². The molecule has 1 aromatic carbocycles. The van der Waals surface area contributed by atoms with Gasteiger partial charge < -0.3 is 5.73 Å². The molecule has 0 bridgehead atoms. The Balaban J connectivity index is 2.45. The Morgan fingerprint density at radius 1 is 1.40 bits per heavy atom. The molecule has 1 fully saturated rings. The molecule has 1 atom stereocenters. The summed E-state index contributed by atoms with van der Waals surface area (Å²) in [5.41, 5.74) is 5.25. The second kappa shape index (κ2) is 5.79. The fourth-order valence-corrected chi connectivity index (χ4v) is 4.33. The Kier molecular flexibility index (Phi) is 4.46. The van der Waals surface area contributed by atoms with Gasteiger partial charge in [-0.1, -0.05) is 22.4 Å². The largest absolute Gasteiger partial charge is 0.368 e. The van der Waals surface area contributed by atoms with Crippen LogP contribution in [0.2, 0.25) is 0 Å². The van der Waals surface area contributed by atoms with Crippen LogP contribution in [-0.4, -0.2) is 31.2 Å². The summed E-state index contributed by atoms with van der Waals surface area (Å²) in [5, 5.41) is 0. The zero-order chi connectivity index (χ0) is 14.9. The highest BCUT2D eigenvalue weighted by molar-refractivity contribution is 9.10. The van der Waals surface area contributed by atoms with Crippen molar-refractivity contribution < 1.29 is 17.6 Å². The third-order valence-electron chi connectivity index (χ3n) is 3.26. The lowest BCUT2D eigenvalue weighted by Crippen LogP contribution is -2.50. The molecule has 0 radical (unpaired) electrons. The van der Waals surface area contributed by atoms with Gasteiger partial charge in [0.25, 0.3) is 0 Å². The molecule has 0 saturated carbocycles. The van der Waals surface area contributed by atoms with Crippen molar-refractivity contribution in [3.63, 3.8) is 0 Å². The smallest absolute Gasteiger partial charge is 0.246 e. The first kappa shape index (κ1) is 15.4. The fraction of sp³-hybridized carbons (Fsp3) is 0.417. The van der Waals surface area contributed by atoms with E-state index in [1.54, 1.807) is 0 Å². The molecular weight excluding hydrogens is 351 g/mol. The molecule has 1 unspecified atom stereocenters. The molecule has 1 heterocycles. The zero-order valence-electron chi connectivity index (χ0n) is 10.6. The van der Waals surface area contributed by atoms with Crippen LogP contribution in [0.3, 0.4) is 0 Å². The number of hydrogen-bond donors (Lipinski definition) is 1. The van der Waals surface area contributed by atoms with Crippen LogP contribution < -0.4 is 5.73 Å². The van der Waals surface area contributed by atoms with Gasteiger partial charge in [0, 0.05) is 11.0 Å². The number of halogens is 2. The van der Waals surface area contributed by atoms with Crippen LogP contribution in [0.25, 0.3) is 0 Å². The molecule has 8 heteroatoms. The normalized spacial score (nSPS) is 20.8. The van der Waals surface area contributed by atoms with E-state index in [0.29, 0.717) is 17.3 Å². The van der Waals surface area contributed by atoms with E-state index in [-0.39, 0.29) is 6.54 Å². The molecule has 0 aliphatic carbocycles. The Morgan fingerprint density at radius 3 is 2.70 bits per heavy atom. The first-order chi connectivity index (χ1) is 9.34. The van der Waals surface area contributed by atoms with Gasteiger partial charge >= 0.3 is 0 Å². The third kappa shape index (κ3) is 2.87. The number of amides is 1. The summed E-state index contributed by atoms with van der Waals surface area (Å²) in [7, 11) is -4.07. The first-order valence-corrected chi connectivity index (χ1v) is 8.33. The zero-order valence-corrected chi connectivity index (χ0v) is 13.0. The molecule has 0 spiro atoms. The van der Waals surface area contributed by atoms with E-state index in [9.17, 15) is 17.6 Å². The van der Waals surface area contributed by atoms with Crippen molar-refractivity contribution in [1.29, 1.82) is 0 Å². The predicted octanol–water partition coefficient (Wildman–Crippen LogP) is 1.62. The van der Waals surface area contributed by atoms with Gasteiger partial charge in [-0.15, -0.1) is 0 Å². The molecule has 0 aromatic heterocycles. The monoisotopic (exact) mass is 364 g/mol. The summed E-state index contributed by atoms with van der Waals surface area (Å²) < 4.78 is 40.3. The number of benzene rings is 1. The van der Waals surface area contributed by atoms with Gasteiger partial charge in [-0.25, -0.2) is 12.8 Å². The van der Waals surface area contributed by atoms with Crippen molar-refractivity contribution in [2.24, 2.45) is 5.73 Å². The molecule has 1 aliphatic rings. The number of rotatable bonds is 3. The molecule has 110 valence electrons. The predicted molar refractivity (Wildman–Crippen MR) is 74.8 cm³/mol. The number of carbonyl (C=O) groups is 1. The molecule has 1 amide bonds. The van der Waals surface area contributed by atoms with Crippen molar-refractivity contribution in [3.8, 4) is 0 Å². The topological polar surface area (TPSA) is 80.5 Å². The maximum absolute atomic E-state index is 13.9. The SMILES string of the molecule is NC(=O)C1CCCCN1S(=O)(=O)c1ccc(Br)cc1F. The molecule has 20 heavy (non-hydrogen) atoms.